The Balaban J connectivity index is 1.17. The van der Waals surface area contributed by atoms with Crippen LogP contribution in [0.5, 0.6) is 17.2 Å². The Morgan fingerprint density at radius 3 is 2.11 bits per heavy atom. The number of imide groups is 1. The molecule has 386 valence electrons. The van der Waals surface area contributed by atoms with E-state index < -0.39 is 77.3 Å². The van der Waals surface area contributed by atoms with E-state index in [4.69, 9.17) is 33.2 Å². The molecule has 1 N–H and O–H groups in total. The number of fused-ring (bicyclic) bond motifs is 4. The van der Waals surface area contributed by atoms with Gasteiger partial charge in [-0.15, -0.1) is 0 Å². The van der Waals surface area contributed by atoms with Gasteiger partial charge in [0, 0.05) is 51.8 Å². The quantitative estimate of drug-likeness (QED) is 0.0531. The van der Waals surface area contributed by atoms with E-state index in [2.05, 4.69) is 16.7 Å². The van der Waals surface area contributed by atoms with Gasteiger partial charge in [0.25, 0.3) is 0 Å². The molecular weight excluding hydrogens is 965 g/mol. The second-order valence-electron chi connectivity index (χ2n) is 18.7. The second-order valence-corrected chi connectivity index (χ2v) is 18.7. The first-order valence-corrected chi connectivity index (χ1v) is 24.5. The molecule has 5 aliphatic heterocycles. The Morgan fingerprint density at radius 1 is 0.747 bits per heavy atom. The van der Waals surface area contributed by atoms with Gasteiger partial charge in [0.05, 0.1) is 44.5 Å². The van der Waals surface area contributed by atoms with Crippen LogP contribution in [-0.4, -0.2) is 129 Å². The Morgan fingerprint density at radius 2 is 1.43 bits per heavy atom. The van der Waals surface area contributed by atoms with Gasteiger partial charge >= 0.3 is 24.0 Å². The first-order chi connectivity index (χ1) is 36.5. The molecule has 3 fully saturated rings. The molecule has 75 heavy (non-hydrogen) atoms. The summed E-state index contributed by atoms with van der Waals surface area (Å²) in [7, 11) is 3.73. The average molecular weight is 1020 g/mol. The molecule has 5 aliphatic rings. The van der Waals surface area contributed by atoms with Crippen LogP contribution >= 0.6 is 0 Å². The van der Waals surface area contributed by atoms with E-state index in [9.17, 15) is 19.5 Å². The minimum atomic E-state index is -2.13. The van der Waals surface area contributed by atoms with Crippen LogP contribution in [0.3, 0.4) is 0 Å². The van der Waals surface area contributed by atoms with Crippen molar-refractivity contribution in [2.45, 2.75) is 42.6 Å². The zero-order chi connectivity index (χ0) is 52.4. The number of carbonyl (C=O) groups is 6. The van der Waals surface area contributed by atoms with Crippen LogP contribution in [0.4, 0.5) is 10.5 Å². The number of aromatic hydroxyl groups is 1. The van der Waals surface area contributed by atoms with E-state index >= 15 is 14.4 Å². The SMILES string of the molecule is COCCOC(=O)N1C(=O)[C@@]2(c3cc(C#CCC(C(=O)OC)C(=O)OC)ccc31)[C@H](C(=O)N1CCN(Cc3ccc4c(c3)OCO4)CC1)[C@H]1C(=O)O[C@H](c3ccccc3)[C@H](c3ccccc3)N1[C@@H]2c1ccc(O)cc1. The highest BCUT2D eigenvalue weighted by Crippen LogP contribution is 2.66. The highest BCUT2D eigenvalue weighted by molar-refractivity contribution is 6.23. The standard InChI is InChI=1S/C57H54N4O14/c1-69-29-30-72-56(68)60-43-23-17-35(11-10-16-41(52(64)70-2)53(65)71-3)31-42(43)57(55(60)67)46(51(63)59-27-25-58(26-28-59)33-36-18-24-44-45(32-36)74-34-73-44)48-54(66)75-49(38-14-8-5-9-15-38)47(37-12-6-4-7-13-37)61(48)50(57)39-19-21-40(62)22-20-39/h4-9,12-15,17-24,31-32,41,46-50,62H,16,25-30,33-34H2,1-3H3/t46-,47-,48-,49+,50+,57-/m0/s1. The van der Waals surface area contributed by atoms with Crippen molar-refractivity contribution in [2.24, 2.45) is 11.8 Å². The number of esters is 3. The van der Waals surface area contributed by atoms with Crippen LogP contribution in [0.1, 0.15) is 58.0 Å². The van der Waals surface area contributed by atoms with E-state index in [0.29, 0.717) is 47.8 Å². The molecule has 0 aromatic heterocycles. The van der Waals surface area contributed by atoms with Crippen LogP contribution < -0.4 is 14.4 Å². The smallest absolute Gasteiger partial charge is 0.421 e. The van der Waals surface area contributed by atoms with Crippen LogP contribution in [0.25, 0.3) is 0 Å². The van der Waals surface area contributed by atoms with Gasteiger partial charge in [-0.25, -0.2) is 9.69 Å². The molecule has 5 heterocycles. The molecule has 18 heteroatoms. The number of amides is 3. The Hall–Kier alpha value is -8.24. The summed E-state index contributed by atoms with van der Waals surface area (Å²) in [5, 5.41) is 10.8. The van der Waals surface area contributed by atoms with Crippen LogP contribution in [0.15, 0.2) is 121 Å². The summed E-state index contributed by atoms with van der Waals surface area (Å²) in [6, 6.07) is 31.8. The number of morpholine rings is 1. The molecule has 5 aromatic carbocycles. The minimum absolute atomic E-state index is 0.0116. The highest BCUT2D eigenvalue weighted by Gasteiger charge is 2.76. The van der Waals surface area contributed by atoms with Crippen molar-refractivity contribution in [1.29, 1.82) is 0 Å². The maximum absolute atomic E-state index is 16.5. The molecule has 3 amide bonds. The van der Waals surface area contributed by atoms with Gasteiger partial charge in [0.15, 0.2) is 17.4 Å². The zero-order valence-corrected chi connectivity index (χ0v) is 41.4. The van der Waals surface area contributed by atoms with E-state index in [0.717, 1.165) is 24.7 Å². The fraction of sp³-hybridized carbons (Fsp3) is 0.333. The second kappa shape index (κ2) is 21.3. The highest BCUT2D eigenvalue weighted by atomic mass is 16.7. The summed E-state index contributed by atoms with van der Waals surface area (Å²) >= 11 is 0. The number of carbonyl (C=O) groups excluding carboxylic acids is 6. The van der Waals surface area contributed by atoms with E-state index in [1.54, 1.807) is 29.2 Å². The molecule has 1 spiro atoms. The molecule has 18 nitrogen and oxygen atoms in total. The van der Waals surface area contributed by atoms with Crippen molar-refractivity contribution in [2.75, 3.05) is 72.4 Å². The van der Waals surface area contributed by atoms with E-state index in [1.807, 2.05) is 83.8 Å². The van der Waals surface area contributed by atoms with Crippen molar-refractivity contribution in [3.8, 4) is 29.1 Å². The molecule has 0 bridgehead atoms. The van der Waals surface area contributed by atoms with Gasteiger partial charge in [0.1, 0.15) is 29.9 Å². The lowest BCUT2D eigenvalue weighted by Crippen LogP contribution is -2.59. The number of benzene rings is 5. The summed E-state index contributed by atoms with van der Waals surface area (Å²) in [6.45, 7) is 1.78. The molecule has 0 saturated carbocycles. The monoisotopic (exact) mass is 1020 g/mol. The van der Waals surface area contributed by atoms with Crippen molar-refractivity contribution in [3.63, 3.8) is 0 Å². The number of methoxy groups -OCH3 is 3. The molecule has 5 aromatic rings. The first-order valence-electron chi connectivity index (χ1n) is 24.5. The predicted molar refractivity (Wildman–Crippen MR) is 267 cm³/mol. The Kier molecular flexibility index (Phi) is 14.3. The average Bonchev–Trinajstić information content (AvgIpc) is 4.11. The van der Waals surface area contributed by atoms with Gasteiger partial charge in [-0.3, -0.25) is 33.8 Å². The van der Waals surface area contributed by atoms with Gasteiger partial charge in [-0.05, 0) is 70.3 Å². The normalized spacial score (nSPS) is 22.7. The van der Waals surface area contributed by atoms with Gasteiger partial charge < -0.3 is 43.2 Å². The summed E-state index contributed by atoms with van der Waals surface area (Å²) in [6.07, 6.45) is -2.31. The first kappa shape index (κ1) is 50.3. The van der Waals surface area contributed by atoms with E-state index in [1.165, 1.54) is 25.3 Å². The molecule has 6 atom stereocenters. The number of rotatable bonds is 12. The molecule has 0 aliphatic carbocycles. The zero-order valence-electron chi connectivity index (χ0n) is 41.4. The van der Waals surface area contributed by atoms with Crippen molar-refractivity contribution >= 4 is 41.5 Å². The van der Waals surface area contributed by atoms with E-state index in [-0.39, 0.29) is 62.1 Å². The number of hydrogen-bond acceptors (Lipinski definition) is 16. The molecule has 0 radical (unpaired) electrons. The predicted octanol–water partition coefficient (Wildman–Crippen LogP) is 5.62. The van der Waals surface area contributed by atoms with Gasteiger partial charge in [-0.1, -0.05) is 90.7 Å². The lowest BCUT2D eigenvalue weighted by molar-refractivity contribution is -0.179. The van der Waals surface area contributed by atoms with Crippen molar-refractivity contribution in [3.05, 3.63) is 155 Å². The topological polar surface area (TPSA) is 200 Å². The fourth-order valence-corrected chi connectivity index (χ4v) is 11.3. The fourth-order valence-electron chi connectivity index (χ4n) is 11.3. The van der Waals surface area contributed by atoms with Crippen LogP contribution in [0, 0.1) is 23.7 Å². The molecule has 3 saturated heterocycles. The van der Waals surface area contributed by atoms with Gasteiger partial charge in [0.2, 0.25) is 18.6 Å². The number of phenols is 1. The third kappa shape index (κ3) is 9.17. The third-order valence-corrected chi connectivity index (χ3v) is 14.7. The molecular formula is C57H54N4O14. The van der Waals surface area contributed by atoms with Crippen LogP contribution in [0.2, 0.25) is 0 Å². The number of cyclic esters (lactones) is 1. The maximum Gasteiger partial charge on any atom is 0.421 e. The summed E-state index contributed by atoms with van der Waals surface area (Å²) in [4.78, 5) is 95.1. The number of anilines is 1. The number of nitrogens with zero attached hydrogens (tertiary/aromatic N) is 4. The van der Waals surface area contributed by atoms with Crippen LogP contribution in [-0.2, 0) is 59.6 Å². The van der Waals surface area contributed by atoms with Crippen molar-refractivity contribution < 1.29 is 67.0 Å². The number of piperazine rings is 1. The summed E-state index contributed by atoms with van der Waals surface area (Å²) < 4.78 is 38.4. The Labute approximate surface area is 432 Å². The third-order valence-electron chi connectivity index (χ3n) is 14.7. The van der Waals surface area contributed by atoms with Gasteiger partial charge in [-0.2, -0.15) is 0 Å². The molecule has 10 rings (SSSR count). The number of hydrogen-bond donors (Lipinski definition) is 1. The lowest BCUT2D eigenvalue weighted by Gasteiger charge is -2.46. The Bertz CT molecular complexity index is 3050. The minimum Gasteiger partial charge on any atom is -0.508 e. The largest absolute Gasteiger partial charge is 0.508 e. The maximum atomic E-state index is 16.5. The summed E-state index contributed by atoms with van der Waals surface area (Å²) in [5.41, 5.74) is 1.20. The lowest BCUT2D eigenvalue weighted by atomic mass is 9.65. The number of ether oxygens (including phenoxy) is 7. The van der Waals surface area contributed by atoms with Crippen molar-refractivity contribution in [1.82, 2.24) is 14.7 Å². The molecule has 0 unspecified atom stereocenters. The summed E-state index contributed by atoms with van der Waals surface area (Å²) in [5.74, 6) is 0.409. The number of phenolic OH excluding ortho intramolecular Hbond substituents is 1.